The third-order valence-electron chi connectivity index (χ3n) is 3.76. The molecule has 2 aromatic rings. The molecule has 0 radical (unpaired) electrons. The summed E-state index contributed by atoms with van der Waals surface area (Å²) in [5, 5.41) is 6.07. The Bertz CT molecular complexity index is 749. The Labute approximate surface area is 153 Å². The Morgan fingerprint density at radius 3 is 2.32 bits per heavy atom. The van der Waals surface area contributed by atoms with Crippen LogP contribution in [-0.2, 0) is 10.2 Å². The summed E-state index contributed by atoms with van der Waals surface area (Å²) in [6, 6.07) is 14.5. The molecule has 0 aliphatic carbocycles. The molecule has 2 rings (SSSR count). The van der Waals surface area contributed by atoms with Crippen molar-refractivity contribution >= 4 is 29.1 Å². The van der Waals surface area contributed by atoms with Crippen LogP contribution in [0.5, 0.6) is 0 Å². The minimum atomic E-state index is -0.184. The van der Waals surface area contributed by atoms with E-state index in [1.165, 1.54) is 5.56 Å². The van der Waals surface area contributed by atoms with Gasteiger partial charge < -0.3 is 10.6 Å². The fraction of sp³-hybridized carbons (Fsp3) is 0.300. The van der Waals surface area contributed by atoms with E-state index in [4.69, 9.17) is 11.6 Å². The SMILES string of the molecule is CC(C)(C)c1ccc(C(=O)NCCC(=O)Nc2cccc(Cl)c2)cc1. The van der Waals surface area contributed by atoms with Crippen LogP contribution in [0.2, 0.25) is 5.02 Å². The molecular formula is C20H23ClN2O2. The molecule has 0 aromatic heterocycles. The first-order valence-electron chi connectivity index (χ1n) is 8.20. The smallest absolute Gasteiger partial charge is 0.251 e. The molecule has 0 heterocycles. The number of benzene rings is 2. The van der Waals surface area contributed by atoms with Gasteiger partial charge in [0.15, 0.2) is 0 Å². The van der Waals surface area contributed by atoms with Crippen LogP contribution in [0.25, 0.3) is 0 Å². The molecule has 4 nitrogen and oxygen atoms in total. The number of nitrogens with one attached hydrogen (secondary N) is 2. The molecule has 132 valence electrons. The highest BCUT2D eigenvalue weighted by Gasteiger charge is 2.14. The molecule has 2 N–H and O–H groups in total. The Morgan fingerprint density at radius 2 is 1.72 bits per heavy atom. The van der Waals surface area contributed by atoms with Crippen LogP contribution in [-0.4, -0.2) is 18.4 Å². The lowest BCUT2D eigenvalue weighted by atomic mass is 9.87. The van der Waals surface area contributed by atoms with Crippen LogP contribution in [0.3, 0.4) is 0 Å². The zero-order valence-corrected chi connectivity index (χ0v) is 15.5. The van der Waals surface area contributed by atoms with Crippen molar-refractivity contribution in [3.05, 3.63) is 64.7 Å². The fourth-order valence-corrected chi connectivity index (χ4v) is 2.49. The van der Waals surface area contributed by atoms with Gasteiger partial charge in [-0.2, -0.15) is 0 Å². The quantitative estimate of drug-likeness (QED) is 0.832. The Hall–Kier alpha value is -2.33. The van der Waals surface area contributed by atoms with Gasteiger partial charge in [-0.3, -0.25) is 9.59 Å². The maximum atomic E-state index is 12.1. The number of hydrogen-bond acceptors (Lipinski definition) is 2. The fourth-order valence-electron chi connectivity index (χ4n) is 2.30. The van der Waals surface area contributed by atoms with Crippen LogP contribution in [0, 0.1) is 0 Å². The number of rotatable bonds is 5. The minimum Gasteiger partial charge on any atom is -0.352 e. The first-order valence-corrected chi connectivity index (χ1v) is 8.58. The minimum absolute atomic E-state index is 0.0490. The summed E-state index contributed by atoms with van der Waals surface area (Å²) < 4.78 is 0. The molecule has 2 amide bonds. The van der Waals surface area contributed by atoms with Gasteiger partial charge in [0.05, 0.1) is 0 Å². The number of amides is 2. The molecule has 5 heteroatoms. The average Bonchev–Trinajstić information content (AvgIpc) is 2.54. The molecule has 0 bridgehead atoms. The van der Waals surface area contributed by atoms with Crippen LogP contribution < -0.4 is 10.6 Å². The summed E-state index contributed by atoms with van der Waals surface area (Å²) in [7, 11) is 0. The zero-order valence-electron chi connectivity index (χ0n) is 14.7. The average molecular weight is 359 g/mol. The largest absolute Gasteiger partial charge is 0.352 e. The molecule has 2 aromatic carbocycles. The van der Waals surface area contributed by atoms with Gasteiger partial charge in [-0.25, -0.2) is 0 Å². The predicted molar refractivity (Wildman–Crippen MR) is 102 cm³/mol. The van der Waals surface area contributed by atoms with E-state index in [0.717, 1.165) is 0 Å². The van der Waals surface area contributed by atoms with Crippen LogP contribution in [0.15, 0.2) is 48.5 Å². The molecule has 0 atom stereocenters. The first-order chi connectivity index (χ1) is 11.8. The van der Waals surface area contributed by atoms with Crippen molar-refractivity contribution in [1.29, 1.82) is 0 Å². The van der Waals surface area contributed by atoms with Gasteiger partial charge in [0.2, 0.25) is 5.91 Å². The maximum Gasteiger partial charge on any atom is 0.251 e. The number of halogens is 1. The van der Waals surface area contributed by atoms with E-state index in [0.29, 0.717) is 16.3 Å². The van der Waals surface area contributed by atoms with E-state index in [1.54, 1.807) is 24.3 Å². The normalized spacial score (nSPS) is 11.0. The molecule has 0 spiro atoms. The van der Waals surface area contributed by atoms with Gasteiger partial charge in [-0.15, -0.1) is 0 Å². The maximum absolute atomic E-state index is 12.1. The predicted octanol–water partition coefficient (Wildman–Crippen LogP) is 4.40. The lowest BCUT2D eigenvalue weighted by Gasteiger charge is -2.19. The monoisotopic (exact) mass is 358 g/mol. The number of hydrogen-bond donors (Lipinski definition) is 2. The number of carbonyl (C=O) groups is 2. The van der Waals surface area contributed by atoms with Crippen molar-refractivity contribution in [2.24, 2.45) is 0 Å². The summed E-state index contributed by atoms with van der Waals surface area (Å²) in [6.45, 7) is 6.65. The second kappa shape index (κ2) is 8.17. The Morgan fingerprint density at radius 1 is 1.04 bits per heavy atom. The molecule has 0 unspecified atom stereocenters. The van der Waals surface area contributed by atoms with E-state index in [1.807, 2.05) is 24.3 Å². The third kappa shape index (κ3) is 5.91. The molecular weight excluding hydrogens is 336 g/mol. The van der Waals surface area contributed by atoms with Crippen molar-refractivity contribution in [3.63, 3.8) is 0 Å². The van der Waals surface area contributed by atoms with E-state index >= 15 is 0 Å². The summed E-state index contributed by atoms with van der Waals surface area (Å²) in [4.78, 5) is 24.0. The molecule has 0 fully saturated rings. The second-order valence-electron chi connectivity index (χ2n) is 6.89. The first kappa shape index (κ1) is 19.0. The van der Waals surface area contributed by atoms with Gasteiger partial charge in [-0.1, -0.05) is 50.6 Å². The summed E-state index contributed by atoms with van der Waals surface area (Å²) in [5.41, 5.74) is 2.45. The Kier molecular flexibility index (Phi) is 6.21. The van der Waals surface area contributed by atoms with Crippen molar-refractivity contribution < 1.29 is 9.59 Å². The molecule has 0 aliphatic heterocycles. The Balaban J connectivity index is 1.81. The molecule has 0 aliphatic rings. The molecule has 0 saturated heterocycles. The summed E-state index contributed by atoms with van der Waals surface area (Å²) >= 11 is 5.87. The third-order valence-corrected chi connectivity index (χ3v) is 3.99. The van der Waals surface area contributed by atoms with Gasteiger partial charge in [-0.05, 0) is 41.3 Å². The van der Waals surface area contributed by atoms with E-state index in [9.17, 15) is 9.59 Å². The zero-order chi connectivity index (χ0) is 18.4. The second-order valence-corrected chi connectivity index (χ2v) is 7.33. The summed E-state index contributed by atoms with van der Waals surface area (Å²) in [6.07, 6.45) is 0.193. The van der Waals surface area contributed by atoms with Crippen LogP contribution >= 0.6 is 11.6 Å². The topological polar surface area (TPSA) is 58.2 Å². The van der Waals surface area contributed by atoms with Crippen molar-refractivity contribution in [2.75, 3.05) is 11.9 Å². The standard InChI is InChI=1S/C20H23ClN2O2/c1-20(2,3)15-9-7-14(8-10-15)19(25)22-12-11-18(24)23-17-6-4-5-16(21)13-17/h4-10,13H,11-12H2,1-3H3,(H,22,25)(H,23,24). The van der Waals surface area contributed by atoms with Crippen LogP contribution in [0.1, 0.15) is 43.1 Å². The molecule has 25 heavy (non-hydrogen) atoms. The van der Waals surface area contributed by atoms with Crippen molar-refractivity contribution in [2.45, 2.75) is 32.6 Å². The van der Waals surface area contributed by atoms with Gasteiger partial charge in [0.1, 0.15) is 0 Å². The van der Waals surface area contributed by atoms with Gasteiger partial charge in [0, 0.05) is 29.2 Å². The van der Waals surface area contributed by atoms with Crippen molar-refractivity contribution in [3.8, 4) is 0 Å². The number of carbonyl (C=O) groups excluding carboxylic acids is 2. The molecule has 0 saturated carbocycles. The van der Waals surface area contributed by atoms with Crippen LogP contribution in [0.4, 0.5) is 5.69 Å². The van der Waals surface area contributed by atoms with E-state index < -0.39 is 0 Å². The van der Waals surface area contributed by atoms with Crippen molar-refractivity contribution in [1.82, 2.24) is 5.32 Å². The van der Waals surface area contributed by atoms with E-state index in [2.05, 4.69) is 31.4 Å². The number of anilines is 1. The highest BCUT2D eigenvalue weighted by molar-refractivity contribution is 6.30. The highest BCUT2D eigenvalue weighted by atomic mass is 35.5. The lowest BCUT2D eigenvalue weighted by molar-refractivity contribution is -0.116. The van der Waals surface area contributed by atoms with E-state index in [-0.39, 0.29) is 30.2 Å². The lowest BCUT2D eigenvalue weighted by Crippen LogP contribution is -2.27. The van der Waals surface area contributed by atoms with Gasteiger partial charge >= 0.3 is 0 Å². The highest BCUT2D eigenvalue weighted by Crippen LogP contribution is 2.22. The van der Waals surface area contributed by atoms with Gasteiger partial charge in [0.25, 0.3) is 5.91 Å². The summed E-state index contributed by atoms with van der Waals surface area (Å²) in [5.74, 6) is -0.360.